The van der Waals surface area contributed by atoms with E-state index >= 15 is 0 Å². The molecular formula is C16H15N7O4. The molecule has 2 heterocycles. The number of non-ortho nitro benzene ring substituents is 1. The number of nitrogen functional groups attached to an aromatic ring is 1. The summed E-state index contributed by atoms with van der Waals surface area (Å²) in [6.07, 6.45) is 3.23. The first-order chi connectivity index (χ1) is 12.9. The standard InChI is InChI=1S/C16H15N7O4/c1-10-18-6-12(15(17)19-10)7-22-8-13(20-21-22)9-27-16(24)11-2-4-14(5-3-11)23(25)26/h2-6,8H,7,9H2,1H3,(H2,17,18,19). The lowest BCUT2D eigenvalue weighted by Gasteiger charge is -2.04. The number of esters is 1. The normalized spacial score (nSPS) is 10.6. The van der Waals surface area contributed by atoms with E-state index in [-0.39, 0.29) is 17.9 Å². The number of nitro benzene ring substituents is 1. The van der Waals surface area contributed by atoms with Gasteiger partial charge in [-0.05, 0) is 19.1 Å². The molecule has 0 fully saturated rings. The zero-order chi connectivity index (χ0) is 19.4. The smallest absolute Gasteiger partial charge is 0.338 e. The Morgan fingerprint density at radius 1 is 1.33 bits per heavy atom. The Kier molecular flexibility index (Phi) is 5.01. The molecule has 0 unspecified atom stereocenters. The van der Waals surface area contributed by atoms with Crippen LogP contribution in [0.2, 0.25) is 0 Å². The van der Waals surface area contributed by atoms with Crippen molar-refractivity contribution in [2.45, 2.75) is 20.1 Å². The molecule has 11 heteroatoms. The van der Waals surface area contributed by atoms with Crippen LogP contribution in [0.3, 0.4) is 0 Å². The van der Waals surface area contributed by atoms with Crippen molar-refractivity contribution in [2.24, 2.45) is 0 Å². The molecule has 3 rings (SSSR count). The predicted molar refractivity (Wildman–Crippen MR) is 92.5 cm³/mol. The highest BCUT2D eigenvalue weighted by molar-refractivity contribution is 5.89. The maximum atomic E-state index is 12.0. The van der Waals surface area contributed by atoms with Crippen molar-refractivity contribution in [3.8, 4) is 0 Å². The van der Waals surface area contributed by atoms with Crippen LogP contribution in [0.1, 0.15) is 27.4 Å². The lowest BCUT2D eigenvalue weighted by atomic mass is 10.2. The van der Waals surface area contributed by atoms with E-state index in [9.17, 15) is 14.9 Å². The highest BCUT2D eigenvalue weighted by atomic mass is 16.6. The zero-order valence-electron chi connectivity index (χ0n) is 14.3. The first-order valence-electron chi connectivity index (χ1n) is 7.81. The van der Waals surface area contributed by atoms with E-state index in [1.807, 2.05) is 0 Å². The van der Waals surface area contributed by atoms with Crippen LogP contribution >= 0.6 is 0 Å². The highest BCUT2D eigenvalue weighted by Gasteiger charge is 2.12. The number of rotatable bonds is 6. The van der Waals surface area contributed by atoms with Crippen LogP contribution in [-0.2, 0) is 17.9 Å². The molecule has 2 aromatic heterocycles. The lowest BCUT2D eigenvalue weighted by Crippen LogP contribution is -2.07. The lowest BCUT2D eigenvalue weighted by molar-refractivity contribution is -0.384. The van der Waals surface area contributed by atoms with Gasteiger partial charge in [-0.3, -0.25) is 10.1 Å². The SMILES string of the molecule is Cc1ncc(Cn2cc(COC(=O)c3ccc([N+](=O)[O-])cc3)nn2)c(N)n1. The molecule has 0 bridgehead atoms. The molecule has 0 aliphatic rings. The van der Waals surface area contributed by atoms with E-state index in [2.05, 4.69) is 20.3 Å². The second kappa shape index (κ2) is 7.56. The molecule has 0 atom stereocenters. The average molecular weight is 369 g/mol. The number of carbonyl (C=O) groups excluding carboxylic acids is 1. The van der Waals surface area contributed by atoms with Gasteiger partial charge < -0.3 is 10.5 Å². The van der Waals surface area contributed by atoms with Gasteiger partial charge in [0.2, 0.25) is 0 Å². The van der Waals surface area contributed by atoms with E-state index in [1.54, 1.807) is 19.3 Å². The van der Waals surface area contributed by atoms with E-state index in [4.69, 9.17) is 10.5 Å². The molecule has 0 aliphatic carbocycles. The number of anilines is 1. The second-order valence-corrected chi connectivity index (χ2v) is 5.62. The number of aryl methyl sites for hydroxylation is 1. The minimum atomic E-state index is -0.615. The third kappa shape index (κ3) is 4.39. The first kappa shape index (κ1) is 17.9. The summed E-state index contributed by atoms with van der Waals surface area (Å²) in [5, 5.41) is 18.5. The third-order valence-electron chi connectivity index (χ3n) is 3.60. The van der Waals surface area contributed by atoms with Gasteiger partial charge in [-0.1, -0.05) is 5.21 Å². The number of nitrogens with zero attached hydrogens (tertiary/aromatic N) is 6. The van der Waals surface area contributed by atoms with Gasteiger partial charge in [-0.15, -0.1) is 5.10 Å². The van der Waals surface area contributed by atoms with Gasteiger partial charge >= 0.3 is 5.97 Å². The molecule has 27 heavy (non-hydrogen) atoms. The van der Waals surface area contributed by atoms with Gasteiger partial charge in [0.15, 0.2) is 0 Å². The quantitative estimate of drug-likeness (QED) is 0.384. The Labute approximate surface area is 153 Å². The van der Waals surface area contributed by atoms with E-state index in [0.717, 1.165) is 0 Å². The number of hydrogen-bond acceptors (Lipinski definition) is 9. The number of nitrogens with two attached hydrogens (primary N) is 1. The molecule has 138 valence electrons. The van der Waals surface area contributed by atoms with Crippen LogP contribution in [0.5, 0.6) is 0 Å². The van der Waals surface area contributed by atoms with Crippen LogP contribution < -0.4 is 5.73 Å². The Bertz CT molecular complexity index is 985. The summed E-state index contributed by atoms with van der Waals surface area (Å²) in [5.74, 6) is 0.327. The molecule has 3 aromatic rings. The van der Waals surface area contributed by atoms with Crippen molar-refractivity contribution >= 4 is 17.5 Å². The van der Waals surface area contributed by atoms with Gasteiger partial charge in [-0.2, -0.15) is 0 Å². The average Bonchev–Trinajstić information content (AvgIpc) is 3.09. The van der Waals surface area contributed by atoms with Crippen molar-refractivity contribution in [3.63, 3.8) is 0 Å². The topological polar surface area (TPSA) is 152 Å². The van der Waals surface area contributed by atoms with Crippen molar-refractivity contribution in [1.82, 2.24) is 25.0 Å². The highest BCUT2D eigenvalue weighted by Crippen LogP contribution is 2.13. The zero-order valence-corrected chi connectivity index (χ0v) is 14.3. The first-order valence-corrected chi connectivity index (χ1v) is 7.81. The summed E-state index contributed by atoms with van der Waals surface area (Å²) in [5.41, 5.74) is 7.08. The van der Waals surface area contributed by atoms with Gasteiger partial charge in [0.1, 0.15) is 23.9 Å². The number of carbonyl (C=O) groups is 1. The van der Waals surface area contributed by atoms with Crippen molar-refractivity contribution in [1.29, 1.82) is 0 Å². The van der Waals surface area contributed by atoms with Crippen molar-refractivity contribution in [3.05, 3.63) is 69.4 Å². The van der Waals surface area contributed by atoms with Crippen molar-refractivity contribution in [2.75, 3.05) is 5.73 Å². The maximum Gasteiger partial charge on any atom is 0.338 e. The molecule has 2 N–H and O–H groups in total. The van der Waals surface area contributed by atoms with E-state index in [1.165, 1.54) is 28.9 Å². The van der Waals surface area contributed by atoms with Gasteiger partial charge in [0.25, 0.3) is 5.69 Å². The summed E-state index contributed by atoms with van der Waals surface area (Å²) >= 11 is 0. The molecule has 0 radical (unpaired) electrons. The minimum absolute atomic E-state index is 0.0876. The van der Waals surface area contributed by atoms with Crippen LogP contribution in [0.4, 0.5) is 11.5 Å². The maximum absolute atomic E-state index is 12.0. The van der Waals surface area contributed by atoms with Crippen LogP contribution in [-0.4, -0.2) is 35.9 Å². The molecule has 0 saturated carbocycles. The second-order valence-electron chi connectivity index (χ2n) is 5.62. The number of benzene rings is 1. The third-order valence-corrected chi connectivity index (χ3v) is 3.60. The molecule has 11 nitrogen and oxygen atoms in total. The number of nitro groups is 1. The predicted octanol–water partition coefficient (Wildman–Crippen LogP) is 1.27. The van der Waals surface area contributed by atoms with Gasteiger partial charge in [-0.25, -0.2) is 19.4 Å². The van der Waals surface area contributed by atoms with E-state index in [0.29, 0.717) is 29.4 Å². The fourth-order valence-electron chi connectivity index (χ4n) is 2.23. The summed E-state index contributed by atoms with van der Waals surface area (Å²) in [4.78, 5) is 30.2. The molecule has 0 spiro atoms. The molecule has 0 amide bonds. The van der Waals surface area contributed by atoms with Crippen LogP contribution in [0, 0.1) is 17.0 Å². The summed E-state index contributed by atoms with van der Waals surface area (Å²) in [6, 6.07) is 5.14. The minimum Gasteiger partial charge on any atom is -0.455 e. The summed E-state index contributed by atoms with van der Waals surface area (Å²) < 4.78 is 6.67. The van der Waals surface area contributed by atoms with Gasteiger partial charge in [0, 0.05) is 23.9 Å². The summed E-state index contributed by atoms with van der Waals surface area (Å²) in [6.45, 7) is 1.98. The van der Waals surface area contributed by atoms with Gasteiger partial charge in [0.05, 0.1) is 23.2 Å². The molecule has 0 saturated heterocycles. The molecular weight excluding hydrogens is 354 g/mol. The number of hydrogen-bond donors (Lipinski definition) is 1. The van der Waals surface area contributed by atoms with Crippen LogP contribution in [0.25, 0.3) is 0 Å². The molecule has 0 aliphatic heterocycles. The Hall–Kier alpha value is -3.89. The fourth-order valence-corrected chi connectivity index (χ4v) is 2.23. The van der Waals surface area contributed by atoms with Crippen molar-refractivity contribution < 1.29 is 14.5 Å². The largest absolute Gasteiger partial charge is 0.455 e. The number of ether oxygens (including phenoxy) is 1. The fraction of sp³-hybridized carbons (Fsp3) is 0.188. The van der Waals surface area contributed by atoms with E-state index < -0.39 is 10.9 Å². The number of aromatic nitrogens is 5. The molecule has 1 aromatic carbocycles. The Balaban J connectivity index is 1.59. The Morgan fingerprint density at radius 3 is 2.74 bits per heavy atom. The Morgan fingerprint density at radius 2 is 2.07 bits per heavy atom. The van der Waals surface area contributed by atoms with Crippen LogP contribution in [0.15, 0.2) is 36.7 Å². The monoisotopic (exact) mass is 369 g/mol. The summed E-state index contributed by atoms with van der Waals surface area (Å²) in [7, 11) is 0.